The number of amides is 1. The quantitative estimate of drug-likeness (QED) is 0.784. The number of carbonyl (C=O) groups excluding carboxylic acids is 1. The van der Waals surface area contributed by atoms with Crippen LogP contribution >= 0.6 is 0 Å². The number of ether oxygens (including phenoxy) is 1. The van der Waals surface area contributed by atoms with Gasteiger partial charge in [0.2, 0.25) is 0 Å². The number of fused-ring (bicyclic) bond motifs is 1. The van der Waals surface area contributed by atoms with Gasteiger partial charge in [-0.3, -0.25) is 4.79 Å². The third kappa shape index (κ3) is 2.71. The fourth-order valence-corrected chi connectivity index (χ4v) is 3.24. The number of anilines is 1. The summed E-state index contributed by atoms with van der Waals surface area (Å²) in [5.41, 5.74) is 2.65. The lowest BCUT2D eigenvalue weighted by molar-refractivity contribution is -0.122. The highest BCUT2D eigenvalue weighted by Crippen LogP contribution is 2.37. The molecule has 2 aliphatic rings. The van der Waals surface area contributed by atoms with E-state index in [1.807, 2.05) is 53.2 Å². The maximum absolute atomic E-state index is 12.6. The van der Waals surface area contributed by atoms with Crippen molar-refractivity contribution in [1.29, 1.82) is 0 Å². The van der Waals surface area contributed by atoms with Crippen molar-refractivity contribution in [2.45, 2.75) is 31.4 Å². The van der Waals surface area contributed by atoms with Crippen LogP contribution < -0.4 is 10.1 Å². The van der Waals surface area contributed by atoms with E-state index in [1.54, 1.807) is 0 Å². The van der Waals surface area contributed by atoms with E-state index in [4.69, 9.17) is 4.74 Å². The number of tetrazole rings is 1. The minimum absolute atomic E-state index is 0.153. The van der Waals surface area contributed by atoms with Gasteiger partial charge in [0.25, 0.3) is 5.91 Å². The van der Waals surface area contributed by atoms with Gasteiger partial charge in [0.1, 0.15) is 5.75 Å². The van der Waals surface area contributed by atoms with Crippen LogP contribution in [0.4, 0.5) is 5.69 Å². The molecule has 0 saturated heterocycles. The molecule has 1 saturated carbocycles. The van der Waals surface area contributed by atoms with Crippen LogP contribution in [0.3, 0.4) is 0 Å². The standard InChI is InChI=1S/C19H17N5O2/c25-19(17-11-12-4-1-2-7-16(12)26-17)20-14-6-3-5-13(10-14)18-21-22-23-24(18)15-8-9-15/h1-7,10,15,17H,8-9,11H2,(H,20,25)/t17-/m0/s1. The van der Waals surface area contributed by atoms with Crippen molar-refractivity contribution in [1.82, 2.24) is 20.2 Å². The third-order valence-corrected chi connectivity index (χ3v) is 4.71. The average Bonchev–Trinajstić information content (AvgIpc) is 3.22. The number of carbonyl (C=O) groups is 1. The zero-order valence-corrected chi connectivity index (χ0v) is 14.0. The summed E-state index contributed by atoms with van der Waals surface area (Å²) in [5, 5.41) is 15.0. The smallest absolute Gasteiger partial charge is 0.265 e. The molecule has 0 bridgehead atoms. The summed E-state index contributed by atoms with van der Waals surface area (Å²) in [7, 11) is 0. The van der Waals surface area contributed by atoms with Gasteiger partial charge < -0.3 is 10.1 Å². The molecule has 1 amide bonds. The van der Waals surface area contributed by atoms with Crippen molar-refractivity contribution in [2.75, 3.05) is 5.32 Å². The van der Waals surface area contributed by atoms with Crippen LogP contribution in [-0.4, -0.2) is 32.2 Å². The molecule has 1 aromatic heterocycles. The van der Waals surface area contributed by atoms with E-state index in [1.165, 1.54) is 0 Å². The predicted molar refractivity (Wildman–Crippen MR) is 94.7 cm³/mol. The third-order valence-electron chi connectivity index (χ3n) is 4.71. The van der Waals surface area contributed by atoms with Crippen LogP contribution in [0.25, 0.3) is 11.4 Å². The van der Waals surface area contributed by atoms with Gasteiger partial charge in [-0.1, -0.05) is 30.3 Å². The van der Waals surface area contributed by atoms with Crippen molar-refractivity contribution in [3.63, 3.8) is 0 Å². The molecule has 7 heteroatoms. The highest BCUT2D eigenvalue weighted by molar-refractivity contribution is 5.95. The van der Waals surface area contributed by atoms with Gasteiger partial charge in [0.05, 0.1) is 6.04 Å². The molecule has 0 unspecified atom stereocenters. The van der Waals surface area contributed by atoms with Crippen molar-refractivity contribution >= 4 is 11.6 Å². The second-order valence-electron chi connectivity index (χ2n) is 6.67. The van der Waals surface area contributed by atoms with Gasteiger partial charge in [0, 0.05) is 17.7 Å². The van der Waals surface area contributed by atoms with E-state index in [0.717, 1.165) is 35.5 Å². The van der Waals surface area contributed by atoms with Crippen molar-refractivity contribution in [3.8, 4) is 17.1 Å². The van der Waals surface area contributed by atoms with E-state index in [-0.39, 0.29) is 5.91 Å². The lowest BCUT2D eigenvalue weighted by Crippen LogP contribution is -2.31. The number of nitrogens with zero attached hydrogens (tertiary/aromatic N) is 4. The Morgan fingerprint density at radius 2 is 2.04 bits per heavy atom. The Balaban J connectivity index is 1.34. The van der Waals surface area contributed by atoms with Gasteiger partial charge in [0.15, 0.2) is 11.9 Å². The first-order valence-electron chi connectivity index (χ1n) is 8.72. The first-order valence-corrected chi connectivity index (χ1v) is 8.72. The van der Waals surface area contributed by atoms with Crippen molar-refractivity contribution in [3.05, 3.63) is 54.1 Å². The normalized spacial score (nSPS) is 18.2. The predicted octanol–water partition coefficient (Wildman–Crippen LogP) is 2.62. The first kappa shape index (κ1) is 15.1. The monoisotopic (exact) mass is 347 g/mol. The number of hydrogen-bond donors (Lipinski definition) is 1. The maximum Gasteiger partial charge on any atom is 0.265 e. The Kier molecular flexibility index (Phi) is 3.44. The first-order chi connectivity index (χ1) is 12.8. The minimum Gasteiger partial charge on any atom is -0.480 e. The summed E-state index contributed by atoms with van der Waals surface area (Å²) in [6.07, 6.45) is 2.29. The largest absolute Gasteiger partial charge is 0.480 e. The van der Waals surface area contributed by atoms with Crippen molar-refractivity contribution < 1.29 is 9.53 Å². The molecule has 0 spiro atoms. The molecule has 1 aliphatic carbocycles. The lowest BCUT2D eigenvalue weighted by Gasteiger charge is -2.12. The van der Waals surface area contributed by atoms with Crippen LogP contribution in [0.2, 0.25) is 0 Å². The minimum atomic E-state index is -0.507. The van der Waals surface area contributed by atoms with E-state index >= 15 is 0 Å². The molecular formula is C19H17N5O2. The van der Waals surface area contributed by atoms with E-state index in [2.05, 4.69) is 20.8 Å². The molecule has 1 atom stereocenters. The second-order valence-corrected chi connectivity index (χ2v) is 6.67. The topological polar surface area (TPSA) is 81.9 Å². The molecule has 3 aromatic rings. The van der Waals surface area contributed by atoms with E-state index in [0.29, 0.717) is 18.2 Å². The highest BCUT2D eigenvalue weighted by atomic mass is 16.5. The van der Waals surface area contributed by atoms with Gasteiger partial charge in [-0.05, 0) is 47.0 Å². The van der Waals surface area contributed by atoms with E-state index < -0.39 is 6.10 Å². The summed E-state index contributed by atoms with van der Waals surface area (Å²) in [6.45, 7) is 0. The molecule has 1 fully saturated rings. The average molecular weight is 347 g/mol. The number of para-hydroxylation sites is 1. The molecule has 1 N–H and O–H groups in total. The summed E-state index contributed by atoms with van der Waals surface area (Å²) < 4.78 is 7.61. The Morgan fingerprint density at radius 3 is 2.88 bits per heavy atom. The second kappa shape index (κ2) is 5.94. The lowest BCUT2D eigenvalue weighted by atomic mass is 10.1. The molecule has 26 heavy (non-hydrogen) atoms. The zero-order chi connectivity index (χ0) is 17.5. The maximum atomic E-state index is 12.6. The highest BCUT2D eigenvalue weighted by Gasteiger charge is 2.30. The summed E-state index contributed by atoms with van der Waals surface area (Å²) in [5.74, 6) is 1.36. The Bertz CT molecular complexity index is 954. The molecule has 0 radical (unpaired) electrons. The molecule has 7 nitrogen and oxygen atoms in total. The summed E-state index contributed by atoms with van der Waals surface area (Å²) in [4.78, 5) is 12.6. The summed E-state index contributed by atoms with van der Waals surface area (Å²) >= 11 is 0. The fourth-order valence-electron chi connectivity index (χ4n) is 3.24. The zero-order valence-electron chi connectivity index (χ0n) is 14.0. The van der Waals surface area contributed by atoms with Crippen LogP contribution in [0, 0.1) is 0 Å². The molecule has 1 aliphatic heterocycles. The number of rotatable bonds is 4. The van der Waals surface area contributed by atoms with Crippen LogP contribution in [0.1, 0.15) is 24.4 Å². The Labute approximate surface area is 150 Å². The Hall–Kier alpha value is -3.22. The van der Waals surface area contributed by atoms with Crippen LogP contribution in [0.5, 0.6) is 5.75 Å². The van der Waals surface area contributed by atoms with Gasteiger partial charge in [-0.25, -0.2) is 4.68 Å². The van der Waals surface area contributed by atoms with E-state index in [9.17, 15) is 4.79 Å². The Morgan fingerprint density at radius 1 is 1.15 bits per heavy atom. The number of nitrogens with one attached hydrogen (secondary N) is 1. The number of hydrogen-bond acceptors (Lipinski definition) is 5. The molecule has 5 rings (SSSR count). The molecule has 2 heterocycles. The van der Waals surface area contributed by atoms with Gasteiger partial charge >= 0.3 is 0 Å². The van der Waals surface area contributed by atoms with Gasteiger partial charge in [-0.15, -0.1) is 5.10 Å². The number of benzene rings is 2. The van der Waals surface area contributed by atoms with Crippen molar-refractivity contribution in [2.24, 2.45) is 0 Å². The van der Waals surface area contributed by atoms with Crippen LogP contribution in [-0.2, 0) is 11.2 Å². The van der Waals surface area contributed by atoms with Gasteiger partial charge in [-0.2, -0.15) is 0 Å². The molecule has 2 aromatic carbocycles. The number of aromatic nitrogens is 4. The SMILES string of the molecule is O=C(Nc1cccc(-c2nnnn2C2CC2)c1)[C@@H]1Cc2ccccc2O1. The molecular weight excluding hydrogens is 330 g/mol. The summed E-state index contributed by atoms with van der Waals surface area (Å²) in [6, 6.07) is 15.7. The van der Waals surface area contributed by atoms with Crippen LogP contribution in [0.15, 0.2) is 48.5 Å². The molecule has 130 valence electrons. The fraction of sp³-hybridized carbons (Fsp3) is 0.263.